The molecule has 0 aliphatic carbocycles. The van der Waals surface area contributed by atoms with Gasteiger partial charge < -0.3 is 0 Å². The summed E-state index contributed by atoms with van der Waals surface area (Å²) in [6.45, 7) is -6.57. The van der Waals surface area contributed by atoms with Crippen LogP contribution in [0.1, 0.15) is 0 Å². The van der Waals surface area contributed by atoms with Crippen LogP contribution >= 0.6 is 69.5 Å². The maximum absolute atomic E-state index is 7.27. The van der Waals surface area contributed by atoms with Gasteiger partial charge in [0.05, 0.1) is 0 Å². The Morgan fingerprint density at radius 1 is 0.636 bits per heavy atom. The van der Waals surface area contributed by atoms with E-state index in [0.29, 0.717) is 0 Å². The van der Waals surface area contributed by atoms with Gasteiger partial charge in [0, 0.05) is 0 Å². The zero-order valence-corrected chi connectivity index (χ0v) is 21.0. The van der Waals surface area contributed by atoms with Gasteiger partial charge in [-0.3, -0.25) is 0 Å². The van der Waals surface area contributed by atoms with Gasteiger partial charge in [-0.1, -0.05) is 0 Å². The van der Waals surface area contributed by atoms with Crippen LogP contribution in [0.25, 0.3) is 0 Å². The number of rotatable bonds is 0. The number of hydrogen-bond donors (Lipinski definition) is 0. The van der Waals surface area contributed by atoms with Crippen LogP contribution in [0.4, 0.5) is 0 Å². The van der Waals surface area contributed by atoms with E-state index in [2.05, 4.69) is 8.88 Å². The van der Waals surface area contributed by atoms with Gasteiger partial charge in [0.1, 0.15) is 0 Å². The van der Waals surface area contributed by atoms with E-state index < -0.39 is 24.5 Å². The average molecular weight is 504 g/mol. The molecular weight excluding hydrogens is 486 g/mol. The molecule has 6 nitrogen and oxygen atoms in total. The first-order valence-electron chi connectivity index (χ1n) is 6.12. The minimum atomic E-state index is -3.28. The molecule has 0 radical (unpaired) electrons. The fourth-order valence-electron chi connectivity index (χ4n) is 3.82. The van der Waals surface area contributed by atoms with Crippen LogP contribution in [-0.2, 0) is 23.6 Å². The van der Waals surface area contributed by atoms with Crippen molar-refractivity contribution in [3.63, 3.8) is 0 Å². The summed E-state index contributed by atoms with van der Waals surface area (Å²) in [5.74, 6) is 0. The van der Waals surface area contributed by atoms with Crippen molar-refractivity contribution in [2.75, 3.05) is 42.3 Å². The first-order valence-corrected chi connectivity index (χ1v) is 19.3. The Morgan fingerprint density at radius 2 is 0.818 bits per heavy atom. The summed E-state index contributed by atoms with van der Waals surface area (Å²) in [5.41, 5.74) is -4.66. The molecule has 3 rings (SSSR count). The molecule has 0 atom stereocenters. The predicted octanol–water partition coefficient (Wildman–Crippen LogP) is 5.28. The normalized spacial score (nSPS) is 51.9. The van der Waals surface area contributed by atoms with Crippen molar-refractivity contribution < 1.29 is 0 Å². The molecule has 3 aliphatic heterocycles. The van der Waals surface area contributed by atoms with Gasteiger partial charge in [-0.25, -0.2) is 0 Å². The fraction of sp³-hybridized carbons (Fsp3) is 1.00. The van der Waals surface area contributed by atoms with E-state index in [-0.39, 0.29) is 0 Å². The van der Waals surface area contributed by atoms with Gasteiger partial charge >= 0.3 is 162 Å². The molecule has 0 aromatic rings. The zero-order valence-electron chi connectivity index (χ0n) is 12.8. The Hall–Kier alpha value is 3.08. The Bertz CT molecular complexity index is 607. The summed E-state index contributed by atoms with van der Waals surface area (Å²) < 4.78 is 11.9. The molecule has 3 aliphatic rings. The number of nitrogens with zero attached hydrogens (tertiary/aromatic N) is 6. The molecule has 16 heteroatoms. The molecule has 0 bridgehead atoms. The van der Waals surface area contributed by atoms with E-state index in [1.807, 2.05) is 60.0 Å². The van der Waals surface area contributed by atoms with E-state index in [4.69, 9.17) is 68.6 Å². The maximum atomic E-state index is 7.27. The van der Waals surface area contributed by atoms with Crippen molar-refractivity contribution in [2.24, 2.45) is 0 Å². The third-order valence-corrected chi connectivity index (χ3v) is 43.6. The van der Waals surface area contributed by atoms with Gasteiger partial charge in [-0.2, -0.15) is 0 Å². The van der Waals surface area contributed by atoms with Crippen LogP contribution in [-0.4, -0.2) is 68.9 Å². The molecule has 0 aromatic heterocycles. The SMILES string of the molecule is CN1P(=S)(Cl)N(C)P12(Cl)N(C)P1(Cl)(N(C)P(=S)(Cl)N1C)N2C. The average Bonchev–Trinajstić information content (AvgIpc) is 2.49. The summed E-state index contributed by atoms with van der Waals surface area (Å²) >= 11 is 38.7. The standard InChI is InChI=1S/C6H18Cl4N6P4S2/c1-11-17(7,21)12(2)19(11,9)15(5)20(10,16(19)6)13(3)18(8,22)14(20)4/h1-6H3. The Kier molecular flexibility index (Phi) is 4.10. The summed E-state index contributed by atoms with van der Waals surface area (Å²) in [5, 5.41) is 0. The van der Waals surface area contributed by atoms with Crippen LogP contribution in [0.5, 0.6) is 0 Å². The molecule has 0 amide bonds. The Balaban J connectivity index is 2.20. The Labute approximate surface area is 161 Å². The van der Waals surface area contributed by atoms with Gasteiger partial charge in [0.2, 0.25) is 0 Å². The first kappa shape index (κ1) is 19.8. The van der Waals surface area contributed by atoms with E-state index >= 15 is 0 Å². The second kappa shape index (κ2) is 4.55. The second-order valence-corrected chi connectivity index (χ2v) is 30.6. The van der Waals surface area contributed by atoms with Gasteiger partial charge in [0.15, 0.2) is 0 Å². The van der Waals surface area contributed by atoms with Crippen molar-refractivity contribution in [1.29, 1.82) is 0 Å². The quantitative estimate of drug-likeness (QED) is 0.411. The molecule has 0 N–H and O–H groups in total. The predicted molar refractivity (Wildman–Crippen MR) is 112 cm³/mol. The molecule has 3 fully saturated rings. The van der Waals surface area contributed by atoms with Crippen LogP contribution in [0.15, 0.2) is 0 Å². The summed E-state index contributed by atoms with van der Waals surface area (Å²) in [6, 6.07) is 0. The molecule has 0 saturated carbocycles. The fourth-order valence-corrected chi connectivity index (χ4v) is 50.0. The van der Waals surface area contributed by atoms with Crippen molar-refractivity contribution in [1.82, 2.24) is 26.6 Å². The molecule has 3 heterocycles. The van der Waals surface area contributed by atoms with Crippen molar-refractivity contribution >= 4 is 93.1 Å². The minimum absolute atomic E-state index is 1.88. The number of halogens is 4. The van der Waals surface area contributed by atoms with E-state index in [0.717, 1.165) is 0 Å². The molecule has 0 aromatic carbocycles. The monoisotopic (exact) mass is 502 g/mol. The van der Waals surface area contributed by atoms with E-state index in [1.165, 1.54) is 0 Å². The molecule has 3 saturated heterocycles. The van der Waals surface area contributed by atoms with E-state index in [9.17, 15) is 0 Å². The van der Waals surface area contributed by atoms with Crippen molar-refractivity contribution in [3.8, 4) is 0 Å². The van der Waals surface area contributed by atoms with Gasteiger partial charge in [0.25, 0.3) is 0 Å². The first-order chi connectivity index (χ1) is 9.58. The summed E-state index contributed by atoms with van der Waals surface area (Å²) in [7, 11) is 11.4. The van der Waals surface area contributed by atoms with Crippen LogP contribution < -0.4 is 0 Å². The molecular formula is C6H18Cl4N6P4S2. The van der Waals surface area contributed by atoms with Crippen molar-refractivity contribution in [3.05, 3.63) is 0 Å². The molecule has 2 spiro atoms. The zero-order chi connectivity index (χ0) is 17.4. The molecule has 22 heavy (non-hydrogen) atoms. The van der Waals surface area contributed by atoms with Gasteiger partial charge in [-0.05, 0) is 0 Å². The van der Waals surface area contributed by atoms with Crippen LogP contribution in [0.3, 0.4) is 0 Å². The topological polar surface area (TPSA) is 19.4 Å². The van der Waals surface area contributed by atoms with Gasteiger partial charge in [-0.15, -0.1) is 0 Å². The third-order valence-electron chi connectivity index (χ3n) is 5.41. The van der Waals surface area contributed by atoms with E-state index in [1.54, 1.807) is 0 Å². The summed E-state index contributed by atoms with van der Waals surface area (Å²) in [6.07, 6.45) is 0. The second-order valence-electron chi connectivity index (χ2n) is 5.56. The third kappa shape index (κ3) is 1.36. The molecule has 132 valence electrons. The number of hydrogen-bond acceptors (Lipinski definition) is 4. The molecule has 0 unspecified atom stereocenters. The van der Waals surface area contributed by atoms with Crippen LogP contribution in [0, 0.1) is 0 Å². The Morgan fingerprint density at radius 3 is 1.00 bits per heavy atom. The van der Waals surface area contributed by atoms with Crippen LogP contribution in [0.2, 0.25) is 0 Å². The summed E-state index contributed by atoms with van der Waals surface area (Å²) in [4.78, 5) is 0. The van der Waals surface area contributed by atoms with Crippen molar-refractivity contribution in [2.45, 2.75) is 0 Å².